The van der Waals surface area contributed by atoms with Gasteiger partial charge in [-0.15, -0.1) is 0 Å². The van der Waals surface area contributed by atoms with Gasteiger partial charge in [-0.05, 0) is 11.1 Å². The van der Waals surface area contributed by atoms with E-state index in [0.29, 0.717) is 0 Å². The second kappa shape index (κ2) is 4.53. The maximum Gasteiger partial charge on any atom is 0.408 e. The van der Waals surface area contributed by atoms with Crippen LogP contribution in [-0.4, -0.2) is 6.09 Å². The zero-order valence-corrected chi connectivity index (χ0v) is 9.74. The lowest BCUT2D eigenvalue weighted by atomic mass is 9.97. The molecule has 18 heavy (non-hydrogen) atoms. The van der Waals surface area contributed by atoms with Crippen molar-refractivity contribution in [1.29, 1.82) is 0 Å². The lowest BCUT2D eigenvalue weighted by Crippen LogP contribution is -2.19. The van der Waals surface area contributed by atoms with E-state index < -0.39 is 0 Å². The topological polar surface area (TPSA) is 38.3 Å². The van der Waals surface area contributed by atoms with E-state index >= 15 is 0 Å². The van der Waals surface area contributed by atoms with Crippen molar-refractivity contribution in [1.82, 2.24) is 5.32 Å². The number of carbonyl (C=O) groups excluding carboxylic acids is 1. The molecule has 1 heterocycles. The quantitative estimate of drug-likeness (QED) is 0.874. The van der Waals surface area contributed by atoms with Gasteiger partial charge in [0.2, 0.25) is 0 Å². The fraction of sp³-hybridized carbons (Fsp3) is 0.133. The number of amides is 1. The third kappa shape index (κ3) is 1.95. The molecule has 3 rings (SSSR count). The zero-order valence-electron chi connectivity index (χ0n) is 9.74. The molecule has 2 atom stereocenters. The number of alkyl carbamates (subject to hydrolysis) is 1. The van der Waals surface area contributed by atoms with Gasteiger partial charge in [0.25, 0.3) is 0 Å². The molecule has 3 heteroatoms. The van der Waals surface area contributed by atoms with E-state index in [9.17, 15) is 4.79 Å². The number of rotatable bonds is 2. The molecule has 1 N–H and O–H groups in total. The molecule has 2 aromatic carbocycles. The first kappa shape index (κ1) is 10.8. The minimum atomic E-state index is -0.363. The molecule has 92 valence electrons. The molecule has 1 aliphatic heterocycles. The van der Waals surface area contributed by atoms with Gasteiger partial charge >= 0.3 is 6.09 Å². The maximum atomic E-state index is 11.5. The Morgan fingerprint density at radius 2 is 1.44 bits per heavy atom. The molecular formula is C15H15NO2. The van der Waals surface area contributed by atoms with E-state index in [0.717, 1.165) is 11.1 Å². The summed E-state index contributed by atoms with van der Waals surface area (Å²) >= 11 is 0. The Hall–Kier alpha value is -2.29. The van der Waals surface area contributed by atoms with Crippen LogP contribution >= 0.6 is 0 Å². The Balaban J connectivity index is 0.00000133. The molecule has 1 unspecified atom stereocenters. The number of ether oxygens (including phenoxy) is 1. The molecule has 2 aromatic rings. The fourth-order valence-electron chi connectivity index (χ4n) is 2.24. The predicted octanol–water partition coefficient (Wildman–Crippen LogP) is 3.45. The average molecular weight is 241 g/mol. The number of cyclic esters (lactones) is 1. The van der Waals surface area contributed by atoms with Gasteiger partial charge in [-0.25, -0.2) is 4.79 Å². The molecular weight excluding hydrogens is 226 g/mol. The highest BCUT2D eigenvalue weighted by molar-refractivity contribution is 5.71. The summed E-state index contributed by atoms with van der Waals surface area (Å²) in [6.07, 6.45) is -0.626. The van der Waals surface area contributed by atoms with Crippen LogP contribution in [-0.2, 0) is 4.74 Å². The van der Waals surface area contributed by atoms with Crippen molar-refractivity contribution in [3.8, 4) is 0 Å². The number of nitrogens with one attached hydrogen (secondary N) is 1. The van der Waals surface area contributed by atoms with Crippen LogP contribution in [0.5, 0.6) is 0 Å². The van der Waals surface area contributed by atoms with Crippen LogP contribution < -0.4 is 5.32 Å². The van der Waals surface area contributed by atoms with E-state index in [4.69, 9.17) is 4.74 Å². The first-order valence-electron chi connectivity index (χ1n) is 5.91. The van der Waals surface area contributed by atoms with Crippen LogP contribution in [0.1, 0.15) is 24.7 Å². The molecule has 1 aliphatic rings. The molecule has 3 nitrogen and oxygen atoms in total. The Morgan fingerprint density at radius 1 is 0.889 bits per heavy atom. The molecule has 0 bridgehead atoms. The van der Waals surface area contributed by atoms with Crippen LogP contribution in [0.15, 0.2) is 60.7 Å². The minimum Gasteiger partial charge on any atom is -0.439 e. The standard InChI is InChI=1S/C15H13NO2.H2/c17-15-16-13(11-7-3-1-4-8-11)14(18-15)12-9-5-2-6-10-12;/h1-10,13-14H,(H,16,17);1H/t13?,14-;/m1./s1. The summed E-state index contributed by atoms with van der Waals surface area (Å²) in [6.45, 7) is 0. The SMILES string of the molecule is O=C1NC(c2ccccc2)[C@@H](c2ccccc2)O1.[HH]. The highest BCUT2D eigenvalue weighted by Crippen LogP contribution is 2.36. The number of hydrogen-bond acceptors (Lipinski definition) is 2. The highest BCUT2D eigenvalue weighted by atomic mass is 16.6. The molecule has 0 saturated carbocycles. The summed E-state index contributed by atoms with van der Waals surface area (Å²) in [5.74, 6) is 0. The number of carbonyl (C=O) groups is 1. The Bertz CT molecular complexity index is 495. The van der Waals surface area contributed by atoms with Crippen LogP contribution in [0.25, 0.3) is 0 Å². The fourth-order valence-corrected chi connectivity index (χ4v) is 2.24. The van der Waals surface area contributed by atoms with Gasteiger partial charge in [-0.3, -0.25) is 0 Å². The molecule has 1 fully saturated rings. The summed E-state index contributed by atoms with van der Waals surface area (Å²) in [5, 5.41) is 2.86. The molecule has 1 saturated heterocycles. The minimum absolute atomic E-state index is 0. The average Bonchev–Trinajstić information content (AvgIpc) is 2.83. The third-order valence-electron chi connectivity index (χ3n) is 3.10. The van der Waals surface area contributed by atoms with Gasteiger partial charge < -0.3 is 10.1 Å². The van der Waals surface area contributed by atoms with E-state index in [1.807, 2.05) is 60.7 Å². The van der Waals surface area contributed by atoms with Crippen LogP contribution in [0, 0.1) is 0 Å². The summed E-state index contributed by atoms with van der Waals surface area (Å²) in [7, 11) is 0. The van der Waals surface area contributed by atoms with Crippen molar-refractivity contribution in [2.45, 2.75) is 12.1 Å². The van der Waals surface area contributed by atoms with Gasteiger partial charge in [0.1, 0.15) is 0 Å². The van der Waals surface area contributed by atoms with Gasteiger partial charge in [0.05, 0.1) is 6.04 Å². The molecule has 1 amide bonds. The summed E-state index contributed by atoms with van der Waals surface area (Å²) in [4.78, 5) is 11.5. The first-order valence-corrected chi connectivity index (χ1v) is 5.91. The second-order valence-electron chi connectivity index (χ2n) is 4.27. The smallest absolute Gasteiger partial charge is 0.408 e. The highest BCUT2D eigenvalue weighted by Gasteiger charge is 2.35. The maximum absolute atomic E-state index is 11.5. The first-order chi connectivity index (χ1) is 8.84. The Morgan fingerprint density at radius 3 is 2.06 bits per heavy atom. The van der Waals surface area contributed by atoms with E-state index in [1.54, 1.807) is 0 Å². The number of hydrogen-bond donors (Lipinski definition) is 1. The van der Waals surface area contributed by atoms with Crippen molar-refractivity contribution in [2.75, 3.05) is 0 Å². The Labute approximate surface area is 107 Å². The molecule has 0 aliphatic carbocycles. The van der Waals surface area contributed by atoms with E-state index in [-0.39, 0.29) is 19.7 Å². The molecule has 0 radical (unpaired) electrons. The van der Waals surface area contributed by atoms with Crippen molar-refractivity contribution in [2.24, 2.45) is 0 Å². The summed E-state index contributed by atoms with van der Waals surface area (Å²) in [5.41, 5.74) is 2.06. The normalized spacial score (nSPS) is 22.3. The molecule has 0 aromatic heterocycles. The second-order valence-corrected chi connectivity index (χ2v) is 4.27. The number of benzene rings is 2. The summed E-state index contributed by atoms with van der Waals surface area (Å²) in [6, 6.07) is 19.5. The van der Waals surface area contributed by atoms with Gasteiger partial charge in [0.15, 0.2) is 6.10 Å². The summed E-state index contributed by atoms with van der Waals surface area (Å²) < 4.78 is 5.36. The van der Waals surface area contributed by atoms with Gasteiger partial charge in [-0.2, -0.15) is 0 Å². The monoisotopic (exact) mass is 241 g/mol. The lowest BCUT2D eigenvalue weighted by molar-refractivity contribution is 0.132. The van der Waals surface area contributed by atoms with Crippen molar-refractivity contribution >= 4 is 6.09 Å². The lowest BCUT2D eigenvalue weighted by Gasteiger charge is -2.17. The van der Waals surface area contributed by atoms with Gasteiger partial charge in [-0.1, -0.05) is 60.7 Å². The van der Waals surface area contributed by atoms with E-state index in [1.165, 1.54) is 0 Å². The largest absolute Gasteiger partial charge is 0.439 e. The van der Waals surface area contributed by atoms with Crippen molar-refractivity contribution < 1.29 is 11.0 Å². The molecule has 0 spiro atoms. The Kier molecular flexibility index (Phi) is 2.73. The zero-order chi connectivity index (χ0) is 12.4. The van der Waals surface area contributed by atoms with Gasteiger partial charge in [0, 0.05) is 1.43 Å². The van der Waals surface area contributed by atoms with Crippen molar-refractivity contribution in [3.05, 3.63) is 71.8 Å². The van der Waals surface area contributed by atoms with Crippen LogP contribution in [0.4, 0.5) is 4.79 Å². The third-order valence-corrected chi connectivity index (χ3v) is 3.10. The van der Waals surface area contributed by atoms with Crippen LogP contribution in [0.2, 0.25) is 0 Å². The van der Waals surface area contributed by atoms with Crippen LogP contribution in [0.3, 0.4) is 0 Å². The van der Waals surface area contributed by atoms with E-state index in [2.05, 4.69) is 5.32 Å². The van der Waals surface area contributed by atoms with Crippen molar-refractivity contribution in [3.63, 3.8) is 0 Å². The predicted molar refractivity (Wildman–Crippen MR) is 70.1 cm³/mol.